The number of rotatable bonds is 2. The minimum atomic E-state index is -0.718. The van der Waals surface area contributed by atoms with Gasteiger partial charge in [0.05, 0.1) is 0 Å². The van der Waals surface area contributed by atoms with Crippen LogP contribution in [0.4, 0.5) is 11.5 Å². The maximum atomic E-state index is 11.9. The number of likely N-dealkylation sites (N-methyl/N-ethyl adjacent to an activating group) is 1. The van der Waals surface area contributed by atoms with E-state index in [9.17, 15) is 9.59 Å². The quantitative estimate of drug-likeness (QED) is 0.830. The molecule has 0 radical (unpaired) electrons. The van der Waals surface area contributed by atoms with Gasteiger partial charge < -0.3 is 10.2 Å². The molecule has 1 aromatic heterocycles. The van der Waals surface area contributed by atoms with Crippen molar-refractivity contribution in [2.45, 2.75) is 0 Å². The molecule has 1 aromatic carbocycles. The Balaban J connectivity index is 2.06. The van der Waals surface area contributed by atoms with E-state index in [-0.39, 0.29) is 0 Å². The number of nitrogens with zero attached hydrogens (tertiary/aromatic N) is 2. The molecule has 2 aromatic rings. The van der Waals surface area contributed by atoms with Crippen LogP contribution in [0.1, 0.15) is 0 Å². The zero-order chi connectivity index (χ0) is 13.7. The topological polar surface area (TPSA) is 62.3 Å². The Bertz CT molecular complexity index is 570. The summed E-state index contributed by atoms with van der Waals surface area (Å²) in [5.74, 6) is -1.01. The Kier molecular flexibility index (Phi) is 3.87. The summed E-state index contributed by atoms with van der Waals surface area (Å²) < 4.78 is 0. The maximum absolute atomic E-state index is 11.9. The van der Waals surface area contributed by atoms with Crippen molar-refractivity contribution < 1.29 is 9.59 Å². The van der Waals surface area contributed by atoms with Crippen LogP contribution < -0.4 is 10.2 Å². The van der Waals surface area contributed by atoms with Gasteiger partial charge in [0.15, 0.2) is 0 Å². The summed E-state index contributed by atoms with van der Waals surface area (Å²) in [4.78, 5) is 28.9. The number of hydrogen-bond donors (Lipinski definition) is 1. The molecule has 0 saturated heterocycles. The summed E-state index contributed by atoms with van der Waals surface area (Å²) in [5, 5.41) is 2.45. The van der Waals surface area contributed by atoms with E-state index in [4.69, 9.17) is 0 Å². The van der Waals surface area contributed by atoms with Crippen LogP contribution in [0, 0.1) is 0 Å². The molecule has 0 bridgehead atoms. The van der Waals surface area contributed by atoms with Crippen LogP contribution in [0.5, 0.6) is 0 Å². The number of para-hydroxylation sites is 1. The average Bonchev–Trinajstić information content (AvgIpc) is 2.47. The fraction of sp³-hybridized carbons (Fsp3) is 0.0714. The van der Waals surface area contributed by atoms with Gasteiger partial charge in [-0.2, -0.15) is 0 Å². The normalized spacial score (nSPS) is 9.74. The molecular formula is C14H13N3O2. The van der Waals surface area contributed by atoms with Gasteiger partial charge in [-0.3, -0.25) is 9.59 Å². The molecule has 96 valence electrons. The SMILES string of the molecule is CN(C(=O)C(=O)Nc1ccccn1)c1ccccc1. The summed E-state index contributed by atoms with van der Waals surface area (Å²) in [5.41, 5.74) is 0.656. The number of anilines is 2. The van der Waals surface area contributed by atoms with Crippen LogP contribution >= 0.6 is 0 Å². The second-order valence-corrected chi connectivity index (χ2v) is 3.87. The number of pyridine rings is 1. The molecule has 1 heterocycles. The van der Waals surface area contributed by atoms with Gasteiger partial charge in [0.1, 0.15) is 5.82 Å². The highest BCUT2D eigenvalue weighted by molar-refractivity contribution is 6.44. The van der Waals surface area contributed by atoms with Crippen LogP contribution in [-0.2, 0) is 9.59 Å². The standard InChI is InChI=1S/C14H13N3O2/c1-17(11-7-3-2-4-8-11)14(19)13(18)16-12-9-5-6-10-15-12/h2-10H,1H3,(H,15,16,18). The Hall–Kier alpha value is -2.69. The minimum Gasteiger partial charge on any atom is -0.307 e. The number of nitrogens with one attached hydrogen (secondary N) is 1. The van der Waals surface area contributed by atoms with Crippen molar-refractivity contribution in [3.05, 3.63) is 54.7 Å². The second kappa shape index (κ2) is 5.77. The summed E-state index contributed by atoms with van der Waals surface area (Å²) in [6.45, 7) is 0. The molecule has 0 aliphatic heterocycles. The van der Waals surface area contributed by atoms with Crippen LogP contribution in [0.3, 0.4) is 0 Å². The van der Waals surface area contributed by atoms with E-state index in [0.717, 1.165) is 0 Å². The van der Waals surface area contributed by atoms with E-state index >= 15 is 0 Å². The van der Waals surface area contributed by atoms with Crippen LogP contribution in [-0.4, -0.2) is 23.8 Å². The second-order valence-electron chi connectivity index (χ2n) is 3.87. The van der Waals surface area contributed by atoms with E-state index in [1.807, 2.05) is 6.07 Å². The zero-order valence-electron chi connectivity index (χ0n) is 10.4. The molecule has 0 aliphatic rings. The predicted octanol–water partition coefficient (Wildman–Crippen LogP) is 1.68. The van der Waals surface area contributed by atoms with E-state index in [0.29, 0.717) is 11.5 Å². The lowest BCUT2D eigenvalue weighted by atomic mass is 10.3. The van der Waals surface area contributed by atoms with Crippen LogP contribution in [0.15, 0.2) is 54.7 Å². The van der Waals surface area contributed by atoms with Gasteiger partial charge in [-0.25, -0.2) is 4.98 Å². The number of amides is 2. The zero-order valence-corrected chi connectivity index (χ0v) is 10.4. The molecule has 2 amide bonds. The third-order valence-electron chi connectivity index (χ3n) is 2.55. The van der Waals surface area contributed by atoms with Gasteiger partial charge in [0.25, 0.3) is 0 Å². The first-order valence-corrected chi connectivity index (χ1v) is 5.73. The monoisotopic (exact) mass is 255 g/mol. The number of benzene rings is 1. The van der Waals surface area contributed by atoms with E-state index in [1.165, 1.54) is 4.90 Å². The largest absolute Gasteiger partial charge is 0.316 e. The maximum Gasteiger partial charge on any atom is 0.316 e. The predicted molar refractivity (Wildman–Crippen MR) is 72.7 cm³/mol. The molecule has 0 saturated carbocycles. The molecule has 0 atom stereocenters. The molecule has 0 spiro atoms. The highest BCUT2D eigenvalue weighted by atomic mass is 16.2. The smallest absolute Gasteiger partial charge is 0.307 e. The average molecular weight is 255 g/mol. The van der Waals surface area contributed by atoms with E-state index in [2.05, 4.69) is 10.3 Å². The lowest BCUT2D eigenvalue weighted by Gasteiger charge is -2.16. The van der Waals surface area contributed by atoms with Crippen molar-refractivity contribution in [2.24, 2.45) is 0 Å². The number of carbonyl (C=O) groups excluding carboxylic acids is 2. The third-order valence-corrected chi connectivity index (χ3v) is 2.55. The summed E-state index contributed by atoms with van der Waals surface area (Å²) in [6.07, 6.45) is 1.54. The summed E-state index contributed by atoms with van der Waals surface area (Å²) in [6, 6.07) is 14.0. The Morgan fingerprint density at radius 3 is 2.37 bits per heavy atom. The Morgan fingerprint density at radius 1 is 1.05 bits per heavy atom. The van der Waals surface area contributed by atoms with Gasteiger partial charge >= 0.3 is 11.8 Å². The molecule has 0 unspecified atom stereocenters. The molecule has 19 heavy (non-hydrogen) atoms. The Labute approximate surface area is 110 Å². The first kappa shape index (κ1) is 12.8. The molecule has 2 rings (SSSR count). The summed E-state index contributed by atoms with van der Waals surface area (Å²) in [7, 11) is 1.55. The lowest BCUT2D eigenvalue weighted by molar-refractivity contribution is -0.134. The minimum absolute atomic E-state index is 0.349. The van der Waals surface area contributed by atoms with Crippen LogP contribution in [0.25, 0.3) is 0 Å². The molecule has 5 heteroatoms. The number of hydrogen-bond acceptors (Lipinski definition) is 3. The summed E-state index contributed by atoms with van der Waals surface area (Å²) >= 11 is 0. The molecule has 0 aliphatic carbocycles. The van der Waals surface area contributed by atoms with E-state index < -0.39 is 11.8 Å². The molecule has 1 N–H and O–H groups in total. The van der Waals surface area contributed by atoms with Crippen LogP contribution in [0.2, 0.25) is 0 Å². The molecule has 0 fully saturated rings. The van der Waals surface area contributed by atoms with Crippen molar-refractivity contribution >= 4 is 23.3 Å². The fourth-order valence-corrected chi connectivity index (χ4v) is 1.53. The van der Waals surface area contributed by atoms with Gasteiger partial charge in [0, 0.05) is 18.9 Å². The van der Waals surface area contributed by atoms with Gasteiger partial charge in [-0.15, -0.1) is 0 Å². The van der Waals surface area contributed by atoms with Gasteiger partial charge in [-0.1, -0.05) is 24.3 Å². The number of carbonyl (C=O) groups is 2. The first-order valence-electron chi connectivity index (χ1n) is 5.73. The van der Waals surface area contributed by atoms with Crippen molar-refractivity contribution in [1.82, 2.24) is 4.98 Å². The van der Waals surface area contributed by atoms with Crippen molar-refractivity contribution in [1.29, 1.82) is 0 Å². The highest BCUT2D eigenvalue weighted by Gasteiger charge is 2.20. The van der Waals surface area contributed by atoms with Crippen molar-refractivity contribution in [3.8, 4) is 0 Å². The molecule has 5 nitrogen and oxygen atoms in total. The van der Waals surface area contributed by atoms with Crippen molar-refractivity contribution in [2.75, 3.05) is 17.3 Å². The Morgan fingerprint density at radius 2 is 1.74 bits per heavy atom. The van der Waals surface area contributed by atoms with E-state index in [1.54, 1.807) is 55.7 Å². The highest BCUT2D eigenvalue weighted by Crippen LogP contribution is 2.11. The first-order chi connectivity index (χ1) is 9.18. The molecular weight excluding hydrogens is 242 g/mol. The number of aromatic nitrogens is 1. The fourth-order valence-electron chi connectivity index (χ4n) is 1.53. The lowest BCUT2D eigenvalue weighted by Crippen LogP contribution is -2.37. The van der Waals surface area contributed by atoms with Gasteiger partial charge in [0.2, 0.25) is 0 Å². The van der Waals surface area contributed by atoms with Gasteiger partial charge in [-0.05, 0) is 24.3 Å². The van der Waals surface area contributed by atoms with Crippen molar-refractivity contribution in [3.63, 3.8) is 0 Å². The third kappa shape index (κ3) is 3.16.